The maximum atomic E-state index is 11.2. The molecule has 0 aliphatic carbocycles. The first-order chi connectivity index (χ1) is 7.19. The fraction of sp³-hybridized carbons (Fsp3) is 0.273. The zero-order valence-electron chi connectivity index (χ0n) is 8.50. The fourth-order valence-corrected chi connectivity index (χ4v) is 1.16. The van der Waals surface area contributed by atoms with Gasteiger partial charge in [-0.15, -0.1) is 11.6 Å². The highest BCUT2D eigenvalue weighted by atomic mass is 35.5. The Kier molecular flexibility index (Phi) is 4.14. The van der Waals surface area contributed by atoms with Crippen LogP contribution in [0.2, 0.25) is 0 Å². The predicted octanol–water partition coefficient (Wildman–Crippen LogP) is 1.77. The van der Waals surface area contributed by atoms with Crippen molar-refractivity contribution < 1.29 is 9.53 Å². The number of rotatable bonds is 1. The second kappa shape index (κ2) is 5.38. The standard InChI is InChI=1S/C11H10ClNO2/c1-8-6-9(4-3-5-12)7-13-10(8)11(14)15-2/h6-7H,5H2,1-2H3. The number of hydrogen-bond acceptors (Lipinski definition) is 3. The first-order valence-electron chi connectivity index (χ1n) is 4.29. The third-order valence-corrected chi connectivity index (χ3v) is 1.89. The van der Waals surface area contributed by atoms with Crippen molar-refractivity contribution in [2.45, 2.75) is 6.92 Å². The lowest BCUT2D eigenvalue weighted by Gasteiger charge is -2.02. The molecule has 0 saturated carbocycles. The SMILES string of the molecule is COC(=O)c1ncc(C#CCCl)cc1C. The molecule has 0 spiro atoms. The van der Waals surface area contributed by atoms with Gasteiger partial charge in [-0.1, -0.05) is 11.8 Å². The van der Waals surface area contributed by atoms with E-state index in [4.69, 9.17) is 11.6 Å². The molecule has 0 atom stereocenters. The molecular weight excluding hydrogens is 214 g/mol. The summed E-state index contributed by atoms with van der Waals surface area (Å²) in [6, 6.07) is 1.78. The second-order valence-corrected chi connectivity index (χ2v) is 3.08. The van der Waals surface area contributed by atoms with Gasteiger partial charge in [0.1, 0.15) is 0 Å². The van der Waals surface area contributed by atoms with E-state index in [1.807, 2.05) is 0 Å². The summed E-state index contributed by atoms with van der Waals surface area (Å²) < 4.78 is 4.58. The number of carbonyl (C=O) groups is 1. The highest BCUT2D eigenvalue weighted by molar-refractivity contribution is 6.19. The van der Waals surface area contributed by atoms with Crippen molar-refractivity contribution in [3.63, 3.8) is 0 Å². The number of pyridine rings is 1. The number of aromatic nitrogens is 1. The zero-order valence-corrected chi connectivity index (χ0v) is 9.26. The monoisotopic (exact) mass is 223 g/mol. The molecule has 0 fully saturated rings. The Morgan fingerprint density at radius 3 is 2.93 bits per heavy atom. The molecular formula is C11H10ClNO2. The molecule has 1 aromatic rings. The first kappa shape index (κ1) is 11.5. The fourth-order valence-electron chi connectivity index (χ4n) is 1.09. The largest absolute Gasteiger partial charge is 0.464 e. The summed E-state index contributed by atoms with van der Waals surface area (Å²) in [6.07, 6.45) is 1.53. The van der Waals surface area contributed by atoms with Crippen molar-refractivity contribution in [3.8, 4) is 11.8 Å². The van der Waals surface area contributed by atoms with Gasteiger partial charge in [0.15, 0.2) is 5.69 Å². The maximum absolute atomic E-state index is 11.2. The molecule has 0 radical (unpaired) electrons. The number of carbonyl (C=O) groups excluding carboxylic acids is 1. The van der Waals surface area contributed by atoms with Crippen molar-refractivity contribution in [1.82, 2.24) is 4.98 Å². The molecule has 1 aromatic heterocycles. The van der Waals surface area contributed by atoms with Gasteiger partial charge in [-0.05, 0) is 18.6 Å². The number of hydrogen-bond donors (Lipinski definition) is 0. The summed E-state index contributed by atoms with van der Waals surface area (Å²) in [5.41, 5.74) is 1.79. The summed E-state index contributed by atoms with van der Waals surface area (Å²) in [6.45, 7) is 1.78. The van der Waals surface area contributed by atoms with Crippen LogP contribution in [0.3, 0.4) is 0 Å². The highest BCUT2D eigenvalue weighted by Gasteiger charge is 2.10. The van der Waals surface area contributed by atoms with Crippen LogP contribution in [-0.2, 0) is 4.74 Å². The molecule has 3 nitrogen and oxygen atoms in total. The van der Waals surface area contributed by atoms with Crippen LogP contribution in [-0.4, -0.2) is 23.9 Å². The van der Waals surface area contributed by atoms with Crippen molar-refractivity contribution in [1.29, 1.82) is 0 Å². The molecule has 15 heavy (non-hydrogen) atoms. The summed E-state index contributed by atoms with van der Waals surface area (Å²) in [5, 5.41) is 0. The van der Waals surface area contributed by atoms with Gasteiger partial charge in [0.2, 0.25) is 0 Å². The minimum atomic E-state index is -0.440. The number of aryl methyl sites for hydroxylation is 1. The second-order valence-electron chi connectivity index (χ2n) is 2.82. The van der Waals surface area contributed by atoms with E-state index in [1.54, 1.807) is 13.0 Å². The molecule has 0 unspecified atom stereocenters. The van der Waals surface area contributed by atoms with Crippen LogP contribution in [0.1, 0.15) is 21.6 Å². The average molecular weight is 224 g/mol. The topological polar surface area (TPSA) is 39.2 Å². The Balaban J connectivity index is 3.03. The van der Waals surface area contributed by atoms with Crippen molar-refractivity contribution in [2.75, 3.05) is 13.0 Å². The quantitative estimate of drug-likeness (QED) is 0.414. The number of esters is 1. The Morgan fingerprint density at radius 1 is 1.67 bits per heavy atom. The van der Waals surface area contributed by atoms with Gasteiger partial charge >= 0.3 is 5.97 Å². The van der Waals surface area contributed by atoms with Crippen LogP contribution in [0.4, 0.5) is 0 Å². The van der Waals surface area contributed by atoms with E-state index in [9.17, 15) is 4.79 Å². The normalized spacial score (nSPS) is 9.00. The molecule has 1 rings (SSSR count). The van der Waals surface area contributed by atoms with Crippen molar-refractivity contribution in [2.24, 2.45) is 0 Å². The van der Waals surface area contributed by atoms with E-state index >= 15 is 0 Å². The Hall–Kier alpha value is -1.53. The van der Waals surface area contributed by atoms with Gasteiger partial charge in [-0.3, -0.25) is 0 Å². The van der Waals surface area contributed by atoms with Crippen molar-refractivity contribution in [3.05, 3.63) is 29.1 Å². The Bertz CT molecular complexity index is 432. The van der Waals surface area contributed by atoms with Crippen LogP contribution < -0.4 is 0 Å². The summed E-state index contributed by atoms with van der Waals surface area (Å²) >= 11 is 5.43. The van der Waals surface area contributed by atoms with E-state index in [1.165, 1.54) is 13.3 Å². The maximum Gasteiger partial charge on any atom is 0.356 e. The van der Waals surface area contributed by atoms with Gasteiger partial charge in [0.25, 0.3) is 0 Å². The van der Waals surface area contributed by atoms with E-state index in [0.29, 0.717) is 5.69 Å². The molecule has 78 valence electrons. The molecule has 0 aliphatic heterocycles. The van der Waals surface area contributed by atoms with Gasteiger partial charge in [0, 0.05) is 11.8 Å². The first-order valence-corrected chi connectivity index (χ1v) is 4.82. The molecule has 0 N–H and O–H groups in total. The van der Waals surface area contributed by atoms with Gasteiger partial charge in [-0.25, -0.2) is 9.78 Å². The molecule has 0 aliphatic rings. The van der Waals surface area contributed by atoms with Crippen LogP contribution >= 0.6 is 11.6 Å². The Morgan fingerprint density at radius 2 is 2.40 bits per heavy atom. The zero-order chi connectivity index (χ0) is 11.3. The number of methoxy groups -OCH3 is 1. The molecule has 0 saturated heterocycles. The number of ether oxygens (including phenoxy) is 1. The number of alkyl halides is 1. The van der Waals surface area contributed by atoms with Crippen LogP contribution in [0.25, 0.3) is 0 Å². The van der Waals surface area contributed by atoms with Crippen LogP contribution in [0, 0.1) is 18.8 Å². The molecule has 0 bridgehead atoms. The summed E-state index contributed by atoms with van der Waals surface area (Å²) in [5.74, 6) is 5.37. The number of nitrogens with zero attached hydrogens (tertiary/aromatic N) is 1. The van der Waals surface area contributed by atoms with Crippen molar-refractivity contribution >= 4 is 17.6 Å². The third kappa shape index (κ3) is 2.97. The van der Waals surface area contributed by atoms with Crippen LogP contribution in [0.5, 0.6) is 0 Å². The highest BCUT2D eigenvalue weighted by Crippen LogP contribution is 2.07. The van der Waals surface area contributed by atoms with E-state index < -0.39 is 5.97 Å². The van der Waals surface area contributed by atoms with E-state index in [0.717, 1.165) is 11.1 Å². The summed E-state index contributed by atoms with van der Waals surface area (Å²) in [7, 11) is 1.32. The lowest BCUT2D eigenvalue weighted by molar-refractivity contribution is 0.0593. The third-order valence-electron chi connectivity index (χ3n) is 1.76. The smallest absolute Gasteiger partial charge is 0.356 e. The summed E-state index contributed by atoms with van der Waals surface area (Å²) in [4.78, 5) is 15.2. The minimum absolute atomic E-state index is 0.276. The lowest BCUT2D eigenvalue weighted by atomic mass is 10.1. The number of halogens is 1. The minimum Gasteiger partial charge on any atom is -0.464 e. The predicted molar refractivity (Wildman–Crippen MR) is 57.9 cm³/mol. The van der Waals surface area contributed by atoms with E-state index in [-0.39, 0.29) is 5.88 Å². The van der Waals surface area contributed by atoms with Gasteiger partial charge < -0.3 is 4.74 Å². The van der Waals surface area contributed by atoms with Crippen LogP contribution in [0.15, 0.2) is 12.3 Å². The van der Waals surface area contributed by atoms with E-state index in [2.05, 4.69) is 21.6 Å². The molecule has 0 aromatic carbocycles. The van der Waals surface area contributed by atoms with Gasteiger partial charge in [-0.2, -0.15) is 0 Å². The Labute approximate surface area is 93.4 Å². The molecule has 4 heteroatoms. The average Bonchev–Trinajstić information content (AvgIpc) is 2.25. The van der Waals surface area contributed by atoms with Gasteiger partial charge in [0.05, 0.1) is 13.0 Å². The lowest BCUT2D eigenvalue weighted by Crippen LogP contribution is -2.06. The molecule has 0 amide bonds. The molecule has 1 heterocycles.